The summed E-state index contributed by atoms with van der Waals surface area (Å²) in [5.74, 6) is 0.639. The lowest BCUT2D eigenvalue weighted by molar-refractivity contribution is 0.225. The van der Waals surface area contributed by atoms with E-state index in [9.17, 15) is 0 Å². The van der Waals surface area contributed by atoms with Crippen LogP contribution in [0.15, 0.2) is 4.99 Å². The minimum Gasteiger partial charge on any atom is -0.309 e. The minimum absolute atomic E-state index is 0.639. The van der Waals surface area contributed by atoms with E-state index in [-0.39, 0.29) is 0 Å². The van der Waals surface area contributed by atoms with E-state index < -0.39 is 0 Å². The summed E-state index contributed by atoms with van der Waals surface area (Å²) < 4.78 is 0. The normalized spacial score (nSPS) is 30.2. The molecular formula is C13H27N3. The van der Waals surface area contributed by atoms with Crippen molar-refractivity contribution in [2.24, 2.45) is 10.9 Å². The van der Waals surface area contributed by atoms with Gasteiger partial charge in [-0.3, -0.25) is 4.99 Å². The van der Waals surface area contributed by atoms with Crippen LogP contribution in [0.1, 0.15) is 26.7 Å². The molecule has 0 saturated carbocycles. The molecule has 0 unspecified atom stereocenters. The standard InChI is InChI=1S/C13H27N3/c1-11-10-16(5)12(2)9-13(11)14-7-6-8-15(3)4/h11-12H,6-10H2,1-5H3/t11-,12-/m1/s1. The summed E-state index contributed by atoms with van der Waals surface area (Å²) in [5, 5.41) is 0. The molecule has 1 saturated heterocycles. The van der Waals surface area contributed by atoms with Crippen molar-refractivity contribution in [2.45, 2.75) is 32.7 Å². The molecule has 1 aliphatic rings. The maximum Gasteiger partial charge on any atom is 0.0401 e. The van der Waals surface area contributed by atoms with E-state index in [1.54, 1.807) is 0 Å². The highest BCUT2D eigenvalue weighted by Gasteiger charge is 2.24. The summed E-state index contributed by atoms with van der Waals surface area (Å²) in [5.41, 5.74) is 1.43. The second-order valence-electron chi connectivity index (χ2n) is 5.42. The van der Waals surface area contributed by atoms with Crippen molar-refractivity contribution >= 4 is 5.71 Å². The highest BCUT2D eigenvalue weighted by atomic mass is 15.1. The topological polar surface area (TPSA) is 18.8 Å². The van der Waals surface area contributed by atoms with Crippen molar-refractivity contribution < 1.29 is 0 Å². The Balaban J connectivity index is 2.37. The van der Waals surface area contributed by atoms with Crippen molar-refractivity contribution in [1.82, 2.24) is 9.80 Å². The molecule has 94 valence electrons. The number of hydrogen-bond donors (Lipinski definition) is 0. The van der Waals surface area contributed by atoms with Crippen LogP contribution in [0.3, 0.4) is 0 Å². The maximum atomic E-state index is 4.78. The molecule has 0 aliphatic carbocycles. The number of piperidine rings is 1. The summed E-state index contributed by atoms with van der Waals surface area (Å²) in [4.78, 5) is 9.44. The van der Waals surface area contributed by atoms with Crippen LogP contribution in [0.5, 0.6) is 0 Å². The van der Waals surface area contributed by atoms with Gasteiger partial charge in [0.1, 0.15) is 0 Å². The number of aliphatic imine (C=N–C) groups is 1. The van der Waals surface area contributed by atoms with E-state index in [4.69, 9.17) is 4.99 Å². The van der Waals surface area contributed by atoms with Gasteiger partial charge in [-0.25, -0.2) is 0 Å². The third kappa shape index (κ3) is 4.22. The molecule has 0 radical (unpaired) electrons. The quantitative estimate of drug-likeness (QED) is 0.679. The fourth-order valence-corrected chi connectivity index (χ4v) is 2.21. The third-order valence-corrected chi connectivity index (χ3v) is 3.47. The third-order valence-electron chi connectivity index (χ3n) is 3.47. The van der Waals surface area contributed by atoms with Gasteiger partial charge < -0.3 is 9.80 Å². The van der Waals surface area contributed by atoms with Crippen LogP contribution in [0.4, 0.5) is 0 Å². The second-order valence-corrected chi connectivity index (χ2v) is 5.42. The van der Waals surface area contributed by atoms with Gasteiger partial charge in [0.05, 0.1) is 0 Å². The molecule has 1 fully saturated rings. The van der Waals surface area contributed by atoms with Gasteiger partial charge in [0, 0.05) is 37.2 Å². The molecule has 16 heavy (non-hydrogen) atoms. The summed E-state index contributed by atoms with van der Waals surface area (Å²) in [6.07, 6.45) is 2.33. The summed E-state index contributed by atoms with van der Waals surface area (Å²) >= 11 is 0. The van der Waals surface area contributed by atoms with Gasteiger partial charge >= 0.3 is 0 Å². The fourth-order valence-electron chi connectivity index (χ4n) is 2.21. The van der Waals surface area contributed by atoms with Crippen molar-refractivity contribution in [3.8, 4) is 0 Å². The Hall–Kier alpha value is -0.410. The predicted octanol–water partition coefficient (Wildman–Crippen LogP) is 1.74. The van der Waals surface area contributed by atoms with Crippen molar-refractivity contribution in [1.29, 1.82) is 0 Å². The first kappa shape index (κ1) is 13.7. The van der Waals surface area contributed by atoms with Crippen LogP contribution in [0, 0.1) is 5.92 Å². The Morgan fingerprint density at radius 1 is 1.38 bits per heavy atom. The summed E-state index contributed by atoms with van der Waals surface area (Å²) in [6.45, 7) is 7.89. The van der Waals surface area contributed by atoms with Crippen molar-refractivity contribution in [3.63, 3.8) is 0 Å². The molecule has 3 nitrogen and oxygen atoms in total. The average Bonchev–Trinajstić information content (AvgIpc) is 2.19. The molecule has 0 bridgehead atoms. The van der Waals surface area contributed by atoms with Gasteiger partial charge in [0.15, 0.2) is 0 Å². The highest BCUT2D eigenvalue weighted by Crippen LogP contribution is 2.18. The van der Waals surface area contributed by atoms with Gasteiger partial charge in [-0.1, -0.05) is 6.92 Å². The molecule has 0 aromatic rings. The second kappa shape index (κ2) is 6.36. The summed E-state index contributed by atoms with van der Waals surface area (Å²) in [6, 6.07) is 0.656. The van der Waals surface area contributed by atoms with Gasteiger partial charge in [-0.05, 0) is 41.0 Å². The van der Waals surface area contributed by atoms with Crippen LogP contribution in [-0.4, -0.2) is 62.3 Å². The lowest BCUT2D eigenvalue weighted by atomic mass is 9.93. The molecule has 1 aliphatic heterocycles. The lowest BCUT2D eigenvalue weighted by Crippen LogP contribution is -2.43. The monoisotopic (exact) mass is 225 g/mol. The van der Waals surface area contributed by atoms with Crippen molar-refractivity contribution in [3.05, 3.63) is 0 Å². The van der Waals surface area contributed by atoms with Gasteiger partial charge in [0.2, 0.25) is 0 Å². The van der Waals surface area contributed by atoms with E-state index in [0.717, 1.165) is 26.1 Å². The molecule has 0 amide bonds. The molecule has 2 atom stereocenters. The SMILES string of the molecule is C[C@@H]1CN(C)[C@H](C)CC1=NCCCN(C)C. The molecule has 3 heteroatoms. The fraction of sp³-hybridized carbons (Fsp3) is 0.923. The zero-order chi connectivity index (χ0) is 12.1. The van der Waals surface area contributed by atoms with Crippen LogP contribution in [0.2, 0.25) is 0 Å². The Kier molecular flexibility index (Phi) is 5.42. The van der Waals surface area contributed by atoms with Crippen LogP contribution < -0.4 is 0 Å². The van der Waals surface area contributed by atoms with Crippen LogP contribution in [-0.2, 0) is 0 Å². The Morgan fingerprint density at radius 3 is 2.69 bits per heavy atom. The summed E-state index contributed by atoms with van der Waals surface area (Å²) in [7, 11) is 6.45. The number of rotatable bonds is 4. The molecule has 0 N–H and O–H groups in total. The largest absolute Gasteiger partial charge is 0.309 e. The lowest BCUT2D eigenvalue weighted by Gasteiger charge is -2.34. The first-order valence-electron chi connectivity index (χ1n) is 6.39. The Bertz CT molecular complexity index is 235. The van der Waals surface area contributed by atoms with E-state index in [0.29, 0.717) is 12.0 Å². The zero-order valence-corrected chi connectivity index (χ0v) is 11.5. The average molecular weight is 225 g/mol. The van der Waals surface area contributed by atoms with E-state index >= 15 is 0 Å². The maximum absolute atomic E-state index is 4.78. The zero-order valence-electron chi connectivity index (χ0n) is 11.5. The molecule has 0 spiro atoms. The molecular weight excluding hydrogens is 198 g/mol. The number of likely N-dealkylation sites (tertiary alicyclic amines) is 1. The molecule has 1 heterocycles. The molecule has 1 rings (SSSR count). The van der Waals surface area contributed by atoms with E-state index in [1.807, 2.05) is 0 Å². The van der Waals surface area contributed by atoms with Crippen molar-refractivity contribution in [2.75, 3.05) is 40.8 Å². The van der Waals surface area contributed by atoms with E-state index in [2.05, 4.69) is 44.8 Å². The van der Waals surface area contributed by atoms with Crippen LogP contribution in [0.25, 0.3) is 0 Å². The molecule has 0 aromatic carbocycles. The number of hydrogen-bond acceptors (Lipinski definition) is 3. The van der Waals surface area contributed by atoms with Gasteiger partial charge in [-0.2, -0.15) is 0 Å². The molecule has 0 aromatic heterocycles. The first-order valence-corrected chi connectivity index (χ1v) is 6.39. The first-order chi connectivity index (χ1) is 7.50. The van der Waals surface area contributed by atoms with Gasteiger partial charge in [-0.15, -0.1) is 0 Å². The van der Waals surface area contributed by atoms with E-state index in [1.165, 1.54) is 12.1 Å². The Labute approximate surface area is 101 Å². The smallest absolute Gasteiger partial charge is 0.0401 e. The predicted molar refractivity (Wildman–Crippen MR) is 71.3 cm³/mol. The Morgan fingerprint density at radius 2 is 2.06 bits per heavy atom. The minimum atomic E-state index is 0.639. The number of nitrogens with zero attached hydrogens (tertiary/aromatic N) is 3. The highest BCUT2D eigenvalue weighted by molar-refractivity contribution is 5.87. The van der Waals surface area contributed by atoms with Crippen LogP contribution >= 0.6 is 0 Å². The van der Waals surface area contributed by atoms with Gasteiger partial charge in [0.25, 0.3) is 0 Å².